The van der Waals surface area contributed by atoms with Crippen LogP contribution >= 0.6 is 0 Å². The van der Waals surface area contributed by atoms with Crippen molar-refractivity contribution in [3.05, 3.63) is 33.9 Å². The standard InChI is InChI=1S/C22H30N6O9/c23-9-2-1-3-15-21(33)25-14(19(24)31)8-10-37-17-6-4-12(28(35)36)11-13(17)20(32)26-16(22(34)27-15)5-7-18(29)30/h4,6,11,14-16H,1-3,5,7-10,23H2,(H2,24,31)(H,25,33)(H,26,32)(H,27,34)(H,29,30). The zero-order valence-electron chi connectivity index (χ0n) is 19.9. The van der Waals surface area contributed by atoms with Gasteiger partial charge in [-0.15, -0.1) is 0 Å². The summed E-state index contributed by atoms with van der Waals surface area (Å²) in [5.74, 6) is -4.68. The number of carboxylic acids is 1. The van der Waals surface area contributed by atoms with E-state index < -0.39 is 64.8 Å². The Morgan fingerprint density at radius 2 is 1.76 bits per heavy atom. The summed E-state index contributed by atoms with van der Waals surface area (Å²) in [5, 5.41) is 27.7. The molecule has 1 aliphatic rings. The fourth-order valence-electron chi connectivity index (χ4n) is 3.59. The van der Waals surface area contributed by atoms with E-state index in [1.54, 1.807) is 0 Å². The molecular formula is C22H30N6O9. The van der Waals surface area contributed by atoms with E-state index in [1.165, 1.54) is 6.07 Å². The average Bonchev–Trinajstić information content (AvgIpc) is 2.84. The maximum absolute atomic E-state index is 13.1. The molecule has 0 saturated heterocycles. The third kappa shape index (κ3) is 8.71. The molecule has 0 saturated carbocycles. The molecule has 1 aliphatic heterocycles. The van der Waals surface area contributed by atoms with Gasteiger partial charge >= 0.3 is 5.97 Å². The number of aliphatic carboxylic acids is 1. The number of hydrogen-bond donors (Lipinski definition) is 6. The molecule has 3 atom stereocenters. The number of fused-ring (bicyclic) bond motifs is 1. The molecule has 0 aromatic heterocycles. The molecule has 1 aromatic rings. The Labute approximate surface area is 211 Å². The number of nitrogens with two attached hydrogens (primary N) is 2. The van der Waals surface area contributed by atoms with Gasteiger partial charge in [-0.05, 0) is 38.3 Å². The van der Waals surface area contributed by atoms with Gasteiger partial charge in [-0.25, -0.2) is 0 Å². The molecule has 15 heteroatoms. The maximum Gasteiger partial charge on any atom is 0.303 e. The van der Waals surface area contributed by atoms with Crippen molar-refractivity contribution in [2.24, 2.45) is 11.5 Å². The summed E-state index contributed by atoms with van der Waals surface area (Å²) >= 11 is 0. The first kappa shape index (κ1) is 29.0. The van der Waals surface area contributed by atoms with Crippen molar-refractivity contribution in [3.8, 4) is 5.75 Å². The molecule has 202 valence electrons. The Morgan fingerprint density at radius 3 is 2.38 bits per heavy atom. The highest BCUT2D eigenvalue weighted by atomic mass is 16.6. The molecule has 0 radical (unpaired) electrons. The summed E-state index contributed by atoms with van der Waals surface area (Å²) < 4.78 is 5.57. The number of carboxylic acid groups (broad SMARTS) is 1. The molecule has 8 N–H and O–H groups in total. The second-order valence-electron chi connectivity index (χ2n) is 8.34. The number of amides is 4. The molecule has 15 nitrogen and oxygen atoms in total. The molecule has 0 aliphatic carbocycles. The number of nitro benzene ring substituents is 1. The van der Waals surface area contributed by atoms with Crippen molar-refractivity contribution in [2.75, 3.05) is 13.2 Å². The predicted molar refractivity (Wildman–Crippen MR) is 127 cm³/mol. The molecule has 0 bridgehead atoms. The van der Waals surface area contributed by atoms with Gasteiger partial charge in [0.2, 0.25) is 17.7 Å². The number of ether oxygens (including phenoxy) is 1. The number of primary amides is 1. The first-order chi connectivity index (χ1) is 17.5. The Bertz CT molecular complexity index is 1050. The highest BCUT2D eigenvalue weighted by Crippen LogP contribution is 2.25. The number of benzene rings is 1. The lowest BCUT2D eigenvalue weighted by molar-refractivity contribution is -0.384. The van der Waals surface area contributed by atoms with Gasteiger partial charge in [0, 0.05) is 25.0 Å². The van der Waals surface area contributed by atoms with E-state index in [-0.39, 0.29) is 37.2 Å². The molecule has 37 heavy (non-hydrogen) atoms. The Morgan fingerprint density at radius 1 is 1.08 bits per heavy atom. The first-order valence-electron chi connectivity index (χ1n) is 11.6. The van der Waals surface area contributed by atoms with Gasteiger partial charge < -0.3 is 37.3 Å². The van der Waals surface area contributed by atoms with Crippen LogP contribution in [0.3, 0.4) is 0 Å². The summed E-state index contributed by atoms with van der Waals surface area (Å²) in [5.41, 5.74) is 10.2. The number of unbranched alkanes of at least 4 members (excludes halogenated alkanes) is 1. The van der Waals surface area contributed by atoms with E-state index in [2.05, 4.69) is 16.0 Å². The summed E-state index contributed by atoms with van der Waals surface area (Å²) in [6.45, 7) is 0.144. The minimum absolute atomic E-state index is 0.0910. The molecule has 4 amide bonds. The Kier molecular flexibility index (Phi) is 10.7. The van der Waals surface area contributed by atoms with Gasteiger partial charge in [0.05, 0.1) is 17.1 Å². The number of carbonyl (C=O) groups is 5. The lowest BCUT2D eigenvalue weighted by Crippen LogP contribution is -2.56. The van der Waals surface area contributed by atoms with Crippen LogP contribution in [-0.2, 0) is 19.2 Å². The maximum atomic E-state index is 13.1. The molecule has 1 aromatic carbocycles. The number of nitrogens with zero attached hydrogens (tertiary/aromatic N) is 1. The first-order valence-corrected chi connectivity index (χ1v) is 11.6. The molecular weight excluding hydrogens is 492 g/mol. The smallest absolute Gasteiger partial charge is 0.303 e. The van der Waals surface area contributed by atoms with Crippen LogP contribution in [0.2, 0.25) is 0 Å². The van der Waals surface area contributed by atoms with Gasteiger partial charge in [-0.2, -0.15) is 0 Å². The van der Waals surface area contributed by atoms with E-state index in [4.69, 9.17) is 21.3 Å². The largest absolute Gasteiger partial charge is 0.493 e. The van der Waals surface area contributed by atoms with E-state index in [0.29, 0.717) is 19.4 Å². The normalized spacial score (nSPS) is 20.8. The summed E-state index contributed by atoms with van der Waals surface area (Å²) in [7, 11) is 0. The number of carbonyl (C=O) groups excluding carboxylic acids is 4. The van der Waals surface area contributed by atoms with Gasteiger partial charge in [0.15, 0.2) is 0 Å². The minimum Gasteiger partial charge on any atom is -0.493 e. The lowest BCUT2D eigenvalue weighted by Gasteiger charge is -2.25. The van der Waals surface area contributed by atoms with Gasteiger partial charge in [-0.1, -0.05) is 0 Å². The van der Waals surface area contributed by atoms with Crippen LogP contribution in [0.1, 0.15) is 48.9 Å². The fourth-order valence-corrected chi connectivity index (χ4v) is 3.59. The SMILES string of the molecule is NCCCCC1NC(=O)C(CCC(=O)O)NC(=O)c2cc([N+](=O)[O-])ccc2OCCC(C(N)=O)NC1=O. The van der Waals surface area contributed by atoms with E-state index in [9.17, 15) is 34.1 Å². The highest BCUT2D eigenvalue weighted by molar-refractivity contribution is 6.01. The molecule has 0 fully saturated rings. The van der Waals surface area contributed by atoms with Crippen molar-refractivity contribution >= 4 is 35.3 Å². The average molecular weight is 523 g/mol. The van der Waals surface area contributed by atoms with E-state index >= 15 is 0 Å². The monoisotopic (exact) mass is 522 g/mol. The Hall–Kier alpha value is -4.27. The molecule has 3 unspecified atom stereocenters. The van der Waals surface area contributed by atoms with Gasteiger partial charge in [-0.3, -0.25) is 34.1 Å². The zero-order chi connectivity index (χ0) is 27.5. The number of nitro groups is 1. The van der Waals surface area contributed by atoms with Crippen molar-refractivity contribution in [1.82, 2.24) is 16.0 Å². The van der Waals surface area contributed by atoms with Crippen molar-refractivity contribution in [3.63, 3.8) is 0 Å². The number of non-ortho nitro benzene ring substituents is 1. The zero-order valence-corrected chi connectivity index (χ0v) is 19.9. The number of nitrogens with one attached hydrogen (secondary N) is 3. The fraction of sp³-hybridized carbons (Fsp3) is 0.500. The molecule has 0 spiro atoms. The van der Waals surface area contributed by atoms with Crippen LogP contribution in [0.5, 0.6) is 5.75 Å². The van der Waals surface area contributed by atoms with E-state index in [0.717, 1.165) is 12.1 Å². The minimum atomic E-state index is -1.41. The number of rotatable bonds is 9. The van der Waals surface area contributed by atoms with Crippen LogP contribution in [0.15, 0.2) is 18.2 Å². The molecule has 2 rings (SSSR count). The number of hydrogen-bond acceptors (Lipinski definition) is 9. The van der Waals surface area contributed by atoms with Gasteiger partial charge in [0.25, 0.3) is 11.6 Å². The van der Waals surface area contributed by atoms with Crippen LogP contribution < -0.4 is 32.2 Å². The molecule has 1 heterocycles. The topological polar surface area (TPSA) is 246 Å². The van der Waals surface area contributed by atoms with Crippen LogP contribution in [0, 0.1) is 10.1 Å². The van der Waals surface area contributed by atoms with Crippen molar-refractivity contribution < 1.29 is 38.7 Å². The van der Waals surface area contributed by atoms with Crippen LogP contribution in [-0.4, -0.2) is 70.9 Å². The quantitative estimate of drug-likeness (QED) is 0.130. The second-order valence-corrected chi connectivity index (χ2v) is 8.34. The predicted octanol–water partition coefficient (Wildman–Crippen LogP) is -1.08. The summed E-state index contributed by atoms with van der Waals surface area (Å²) in [6.07, 6.45) is 0.211. The highest BCUT2D eigenvalue weighted by Gasteiger charge is 2.31. The van der Waals surface area contributed by atoms with Crippen molar-refractivity contribution in [2.45, 2.75) is 56.7 Å². The Balaban J connectivity index is 2.48. The third-order valence-corrected chi connectivity index (χ3v) is 5.59. The lowest BCUT2D eigenvalue weighted by atomic mass is 10.0. The van der Waals surface area contributed by atoms with Gasteiger partial charge in [0.1, 0.15) is 23.9 Å². The third-order valence-electron chi connectivity index (χ3n) is 5.59. The van der Waals surface area contributed by atoms with Crippen molar-refractivity contribution in [1.29, 1.82) is 0 Å². The second kappa shape index (κ2) is 13.7. The summed E-state index contributed by atoms with van der Waals surface area (Å²) in [6, 6.07) is -0.494. The summed E-state index contributed by atoms with van der Waals surface area (Å²) in [4.78, 5) is 72.7. The van der Waals surface area contributed by atoms with Crippen LogP contribution in [0.4, 0.5) is 5.69 Å². The van der Waals surface area contributed by atoms with E-state index in [1.807, 2.05) is 0 Å². The van der Waals surface area contributed by atoms with Crippen LogP contribution in [0.25, 0.3) is 0 Å².